The molecule has 17 heavy (non-hydrogen) atoms. The lowest BCUT2D eigenvalue weighted by molar-refractivity contribution is -0.151. The van der Waals surface area contributed by atoms with Gasteiger partial charge < -0.3 is 4.74 Å². The normalized spacial score (nSPS) is 33.7. The summed E-state index contributed by atoms with van der Waals surface area (Å²) in [6.45, 7) is 6.75. The second-order valence-electron chi connectivity index (χ2n) is 6.56. The molecule has 2 aliphatic rings. The number of rotatable bonds is 4. The molecule has 3 atom stereocenters. The van der Waals surface area contributed by atoms with E-state index in [1.807, 2.05) is 0 Å². The summed E-state index contributed by atoms with van der Waals surface area (Å²) in [6, 6.07) is 0. The molecule has 1 spiro atoms. The molecule has 0 aliphatic heterocycles. The lowest BCUT2D eigenvalue weighted by Crippen LogP contribution is -2.57. The molecular formula is C15H27ClO. The molecule has 0 N–H and O–H groups in total. The SMILES string of the molecule is CC(C)CC(C)OC1CC(Cl)C12CCCCC2. The van der Waals surface area contributed by atoms with Crippen LogP contribution in [-0.4, -0.2) is 17.6 Å². The first-order valence-electron chi connectivity index (χ1n) is 7.34. The van der Waals surface area contributed by atoms with Crippen molar-refractivity contribution in [3.05, 3.63) is 0 Å². The van der Waals surface area contributed by atoms with Gasteiger partial charge >= 0.3 is 0 Å². The van der Waals surface area contributed by atoms with Crippen LogP contribution in [0.2, 0.25) is 0 Å². The van der Waals surface area contributed by atoms with Gasteiger partial charge in [0.15, 0.2) is 0 Å². The third-order valence-corrected chi connectivity index (χ3v) is 5.28. The predicted octanol–water partition coefficient (Wildman–Crippen LogP) is 4.77. The van der Waals surface area contributed by atoms with E-state index in [2.05, 4.69) is 20.8 Å². The summed E-state index contributed by atoms with van der Waals surface area (Å²) >= 11 is 6.49. The second-order valence-corrected chi connectivity index (χ2v) is 7.09. The van der Waals surface area contributed by atoms with Crippen molar-refractivity contribution >= 4 is 11.6 Å². The van der Waals surface area contributed by atoms with E-state index in [-0.39, 0.29) is 0 Å². The van der Waals surface area contributed by atoms with E-state index < -0.39 is 0 Å². The summed E-state index contributed by atoms with van der Waals surface area (Å²) in [4.78, 5) is 0. The molecule has 0 saturated heterocycles. The Morgan fingerprint density at radius 1 is 1.18 bits per heavy atom. The monoisotopic (exact) mass is 258 g/mol. The van der Waals surface area contributed by atoms with Crippen LogP contribution in [-0.2, 0) is 4.74 Å². The van der Waals surface area contributed by atoms with Crippen LogP contribution in [0.3, 0.4) is 0 Å². The van der Waals surface area contributed by atoms with E-state index in [4.69, 9.17) is 16.3 Å². The van der Waals surface area contributed by atoms with Crippen LogP contribution in [0.1, 0.15) is 65.7 Å². The average Bonchev–Trinajstić information content (AvgIpc) is 2.29. The molecule has 1 nitrogen and oxygen atoms in total. The summed E-state index contributed by atoms with van der Waals surface area (Å²) in [7, 11) is 0. The molecule has 3 unspecified atom stereocenters. The summed E-state index contributed by atoms with van der Waals surface area (Å²) in [5.74, 6) is 0.721. The van der Waals surface area contributed by atoms with Gasteiger partial charge in [-0.15, -0.1) is 11.6 Å². The number of alkyl halides is 1. The fourth-order valence-corrected chi connectivity index (χ4v) is 4.26. The predicted molar refractivity (Wildman–Crippen MR) is 73.6 cm³/mol. The molecule has 100 valence electrons. The smallest absolute Gasteiger partial charge is 0.0663 e. The van der Waals surface area contributed by atoms with Crippen molar-refractivity contribution in [1.82, 2.24) is 0 Å². The van der Waals surface area contributed by atoms with Crippen molar-refractivity contribution in [1.29, 1.82) is 0 Å². The maximum absolute atomic E-state index is 6.49. The molecule has 0 amide bonds. The Kier molecular flexibility index (Phi) is 4.41. The summed E-state index contributed by atoms with van der Waals surface area (Å²) in [5, 5.41) is 0.374. The lowest BCUT2D eigenvalue weighted by atomic mass is 9.58. The van der Waals surface area contributed by atoms with Gasteiger partial charge in [0.25, 0.3) is 0 Å². The fraction of sp³-hybridized carbons (Fsp3) is 1.00. The van der Waals surface area contributed by atoms with E-state index in [9.17, 15) is 0 Å². The Balaban J connectivity index is 1.88. The largest absolute Gasteiger partial charge is 0.375 e. The van der Waals surface area contributed by atoms with Gasteiger partial charge in [0, 0.05) is 10.8 Å². The van der Waals surface area contributed by atoms with Crippen LogP contribution in [0.5, 0.6) is 0 Å². The topological polar surface area (TPSA) is 9.23 Å². The molecule has 0 aromatic rings. The molecule has 2 aliphatic carbocycles. The maximum Gasteiger partial charge on any atom is 0.0663 e. The van der Waals surface area contributed by atoms with Crippen LogP contribution in [0, 0.1) is 11.3 Å². The van der Waals surface area contributed by atoms with Gasteiger partial charge in [0.05, 0.1) is 12.2 Å². The standard InChI is InChI=1S/C15H27ClO/c1-11(2)9-12(3)17-14-10-13(16)15(14)7-5-4-6-8-15/h11-14H,4-10H2,1-3H3. The minimum Gasteiger partial charge on any atom is -0.375 e. The van der Waals surface area contributed by atoms with Crippen LogP contribution >= 0.6 is 11.6 Å². The first kappa shape index (κ1) is 13.7. The van der Waals surface area contributed by atoms with Gasteiger partial charge in [-0.05, 0) is 38.5 Å². The molecule has 2 rings (SSSR count). The Bertz CT molecular complexity index is 245. The first-order valence-corrected chi connectivity index (χ1v) is 7.78. The number of halogens is 1. The summed E-state index contributed by atoms with van der Waals surface area (Å²) in [6.07, 6.45) is 9.74. The highest BCUT2D eigenvalue weighted by atomic mass is 35.5. The third kappa shape index (κ3) is 2.81. The van der Waals surface area contributed by atoms with Gasteiger partial charge in [-0.25, -0.2) is 0 Å². The maximum atomic E-state index is 6.49. The van der Waals surface area contributed by atoms with E-state index in [1.54, 1.807) is 0 Å². The highest BCUT2D eigenvalue weighted by Crippen LogP contribution is 2.56. The van der Waals surface area contributed by atoms with E-state index in [1.165, 1.54) is 38.5 Å². The van der Waals surface area contributed by atoms with Gasteiger partial charge in [-0.3, -0.25) is 0 Å². The van der Waals surface area contributed by atoms with E-state index >= 15 is 0 Å². The van der Waals surface area contributed by atoms with Crippen LogP contribution < -0.4 is 0 Å². The Morgan fingerprint density at radius 3 is 2.35 bits per heavy atom. The summed E-state index contributed by atoms with van der Waals surface area (Å²) < 4.78 is 6.28. The van der Waals surface area contributed by atoms with Gasteiger partial charge in [0.1, 0.15) is 0 Å². The number of hydrogen-bond donors (Lipinski definition) is 0. The van der Waals surface area contributed by atoms with Crippen molar-refractivity contribution in [2.45, 2.75) is 83.3 Å². The Morgan fingerprint density at radius 2 is 1.82 bits per heavy atom. The molecular weight excluding hydrogens is 232 g/mol. The van der Waals surface area contributed by atoms with Crippen LogP contribution in [0.15, 0.2) is 0 Å². The van der Waals surface area contributed by atoms with Crippen molar-refractivity contribution in [2.24, 2.45) is 11.3 Å². The highest BCUT2D eigenvalue weighted by molar-refractivity contribution is 6.21. The number of hydrogen-bond acceptors (Lipinski definition) is 1. The highest BCUT2D eigenvalue weighted by Gasteiger charge is 2.55. The van der Waals surface area contributed by atoms with Crippen molar-refractivity contribution in [3.63, 3.8) is 0 Å². The Labute approximate surface area is 111 Å². The molecule has 2 heteroatoms. The van der Waals surface area contributed by atoms with Gasteiger partial charge in [0.2, 0.25) is 0 Å². The molecule has 0 aromatic heterocycles. The molecule has 0 heterocycles. The quantitative estimate of drug-likeness (QED) is 0.660. The number of ether oxygens (including phenoxy) is 1. The first-order chi connectivity index (χ1) is 8.04. The molecule has 0 aromatic carbocycles. The molecule has 0 radical (unpaired) electrons. The van der Waals surface area contributed by atoms with Crippen molar-refractivity contribution in [3.8, 4) is 0 Å². The second kappa shape index (κ2) is 5.48. The van der Waals surface area contributed by atoms with E-state index in [0.29, 0.717) is 23.0 Å². The zero-order valence-electron chi connectivity index (χ0n) is 11.5. The average molecular weight is 259 g/mol. The Hall–Kier alpha value is 0.250. The minimum absolute atomic E-state index is 0.338. The van der Waals surface area contributed by atoms with Gasteiger partial charge in [-0.2, -0.15) is 0 Å². The van der Waals surface area contributed by atoms with E-state index in [0.717, 1.165) is 12.3 Å². The fourth-order valence-electron chi connectivity index (χ4n) is 3.73. The summed E-state index contributed by atoms with van der Waals surface area (Å²) in [5.41, 5.74) is 0.338. The lowest BCUT2D eigenvalue weighted by Gasteiger charge is -2.56. The molecule has 2 fully saturated rings. The van der Waals surface area contributed by atoms with Gasteiger partial charge in [-0.1, -0.05) is 33.1 Å². The van der Waals surface area contributed by atoms with Crippen molar-refractivity contribution in [2.75, 3.05) is 0 Å². The zero-order valence-corrected chi connectivity index (χ0v) is 12.3. The zero-order chi connectivity index (χ0) is 12.5. The van der Waals surface area contributed by atoms with Crippen LogP contribution in [0.4, 0.5) is 0 Å². The minimum atomic E-state index is 0.338. The van der Waals surface area contributed by atoms with Crippen LogP contribution in [0.25, 0.3) is 0 Å². The molecule has 0 bridgehead atoms. The molecule has 2 saturated carbocycles. The third-order valence-electron chi connectivity index (χ3n) is 4.67. The van der Waals surface area contributed by atoms with Crippen molar-refractivity contribution < 1.29 is 4.74 Å².